The molecule has 0 spiro atoms. The van der Waals surface area contributed by atoms with Crippen molar-refractivity contribution in [3.63, 3.8) is 0 Å². The van der Waals surface area contributed by atoms with E-state index in [0.717, 1.165) is 24.6 Å². The number of hydrogen-bond acceptors (Lipinski definition) is 4. The van der Waals surface area contributed by atoms with Crippen LogP contribution in [0.2, 0.25) is 0 Å². The molecule has 1 saturated carbocycles. The van der Waals surface area contributed by atoms with Crippen LogP contribution in [0, 0.1) is 5.92 Å². The van der Waals surface area contributed by atoms with E-state index < -0.39 is 0 Å². The molecule has 1 fully saturated rings. The number of aromatic nitrogens is 2. The molecule has 2 aromatic heterocycles. The molecule has 0 radical (unpaired) electrons. The number of ether oxygens (including phenoxy) is 1. The fourth-order valence-corrected chi connectivity index (χ4v) is 2.85. The molecule has 3 aromatic rings. The van der Waals surface area contributed by atoms with Crippen LogP contribution in [0.15, 0.2) is 59.2 Å². The molecule has 140 valence electrons. The second-order valence-electron chi connectivity index (χ2n) is 6.77. The molecule has 1 N–H and O–H groups in total. The van der Waals surface area contributed by atoms with E-state index in [1.165, 1.54) is 12.8 Å². The Morgan fingerprint density at radius 2 is 2.07 bits per heavy atom. The predicted octanol–water partition coefficient (Wildman–Crippen LogP) is 3.68. The van der Waals surface area contributed by atoms with Crippen LogP contribution in [0.1, 0.15) is 29.8 Å². The summed E-state index contributed by atoms with van der Waals surface area (Å²) < 4.78 is 12.7. The minimum Gasteiger partial charge on any atom is -0.463 e. The van der Waals surface area contributed by atoms with Crippen molar-refractivity contribution >= 4 is 5.91 Å². The first-order valence-electron chi connectivity index (χ1n) is 9.36. The van der Waals surface area contributed by atoms with Gasteiger partial charge in [0.25, 0.3) is 5.91 Å². The number of furan rings is 1. The number of para-hydroxylation sites is 1. The molecule has 2 heterocycles. The van der Waals surface area contributed by atoms with E-state index >= 15 is 0 Å². The highest BCUT2D eigenvalue weighted by molar-refractivity contribution is 5.94. The molecule has 1 aromatic carbocycles. The highest BCUT2D eigenvalue weighted by atomic mass is 16.5. The number of rotatable bonds is 9. The maximum atomic E-state index is 12.7. The Morgan fingerprint density at radius 1 is 1.22 bits per heavy atom. The molecular weight excluding hydrogens is 342 g/mol. The fourth-order valence-electron chi connectivity index (χ4n) is 2.85. The van der Waals surface area contributed by atoms with Gasteiger partial charge in [-0.15, -0.1) is 0 Å². The fraction of sp³-hybridized carbons (Fsp3) is 0.333. The third-order valence-electron chi connectivity index (χ3n) is 4.52. The summed E-state index contributed by atoms with van der Waals surface area (Å²) in [6.07, 6.45) is 4.97. The molecule has 27 heavy (non-hydrogen) atoms. The van der Waals surface area contributed by atoms with Gasteiger partial charge in [0, 0.05) is 25.8 Å². The molecule has 0 saturated heterocycles. The molecule has 0 atom stereocenters. The zero-order chi connectivity index (χ0) is 18.5. The minimum atomic E-state index is -0.161. The van der Waals surface area contributed by atoms with Crippen molar-refractivity contribution in [2.75, 3.05) is 19.8 Å². The summed E-state index contributed by atoms with van der Waals surface area (Å²) in [6.45, 7) is 2.09. The third kappa shape index (κ3) is 4.46. The van der Waals surface area contributed by atoms with Gasteiger partial charge in [0.15, 0.2) is 5.76 Å². The lowest BCUT2D eigenvalue weighted by Crippen LogP contribution is -2.27. The van der Waals surface area contributed by atoms with Crippen LogP contribution in [0.5, 0.6) is 0 Å². The lowest BCUT2D eigenvalue weighted by Gasteiger charge is -2.08. The summed E-state index contributed by atoms with van der Waals surface area (Å²) >= 11 is 0. The second-order valence-corrected chi connectivity index (χ2v) is 6.77. The summed E-state index contributed by atoms with van der Waals surface area (Å²) in [5, 5.41) is 7.53. The van der Waals surface area contributed by atoms with Crippen molar-refractivity contribution in [1.82, 2.24) is 15.1 Å². The van der Waals surface area contributed by atoms with Crippen LogP contribution in [0.25, 0.3) is 17.1 Å². The lowest BCUT2D eigenvalue weighted by molar-refractivity contribution is 0.0930. The van der Waals surface area contributed by atoms with Gasteiger partial charge in [-0.05, 0) is 49.4 Å². The normalized spacial score (nSPS) is 13.6. The van der Waals surface area contributed by atoms with Gasteiger partial charge in [0.2, 0.25) is 0 Å². The van der Waals surface area contributed by atoms with Crippen LogP contribution in [0.4, 0.5) is 0 Å². The molecule has 0 aliphatic heterocycles. The molecule has 0 bridgehead atoms. The Kier molecular flexibility index (Phi) is 5.34. The largest absolute Gasteiger partial charge is 0.463 e. The molecule has 1 amide bonds. The van der Waals surface area contributed by atoms with E-state index in [1.54, 1.807) is 23.1 Å². The first-order valence-corrected chi connectivity index (χ1v) is 9.36. The number of amides is 1. The quantitative estimate of drug-likeness (QED) is 0.587. The summed E-state index contributed by atoms with van der Waals surface area (Å²) in [6, 6.07) is 15.0. The van der Waals surface area contributed by atoms with Crippen LogP contribution in [-0.4, -0.2) is 35.4 Å². The molecule has 1 aliphatic carbocycles. The highest BCUT2D eigenvalue weighted by Gasteiger charge is 2.21. The first-order chi connectivity index (χ1) is 13.3. The van der Waals surface area contributed by atoms with Gasteiger partial charge in [-0.25, -0.2) is 4.68 Å². The van der Waals surface area contributed by atoms with Gasteiger partial charge in [0.1, 0.15) is 11.4 Å². The van der Waals surface area contributed by atoms with Crippen molar-refractivity contribution < 1.29 is 13.9 Å². The van der Waals surface area contributed by atoms with Crippen molar-refractivity contribution in [1.29, 1.82) is 0 Å². The maximum absolute atomic E-state index is 12.7. The summed E-state index contributed by atoms with van der Waals surface area (Å²) in [7, 11) is 0. The van der Waals surface area contributed by atoms with Gasteiger partial charge >= 0.3 is 0 Å². The van der Waals surface area contributed by atoms with Gasteiger partial charge in [-0.1, -0.05) is 18.2 Å². The topological polar surface area (TPSA) is 69.3 Å². The Balaban J connectivity index is 1.44. The molecular formula is C21H23N3O3. The van der Waals surface area contributed by atoms with Crippen LogP contribution in [-0.2, 0) is 4.74 Å². The van der Waals surface area contributed by atoms with E-state index in [9.17, 15) is 4.79 Å². The number of nitrogens with zero attached hydrogens (tertiary/aromatic N) is 2. The maximum Gasteiger partial charge on any atom is 0.270 e. The zero-order valence-electron chi connectivity index (χ0n) is 15.1. The Bertz CT molecular complexity index is 867. The Morgan fingerprint density at radius 3 is 2.81 bits per heavy atom. The van der Waals surface area contributed by atoms with E-state index in [-0.39, 0.29) is 5.91 Å². The minimum absolute atomic E-state index is 0.161. The van der Waals surface area contributed by atoms with Crippen molar-refractivity contribution in [2.24, 2.45) is 5.92 Å². The Hall–Kier alpha value is -2.86. The Labute approximate surface area is 158 Å². The first kappa shape index (κ1) is 17.5. The molecule has 1 aliphatic rings. The number of carbonyl (C=O) groups excluding carboxylic acids is 1. The van der Waals surface area contributed by atoms with Gasteiger partial charge in [-0.2, -0.15) is 5.10 Å². The molecule has 6 nitrogen and oxygen atoms in total. The molecule has 0 unspecified atom stereocenters. The van der Waals surface area contributed by atoms with E-state index in [2.05, 4.69) is 10.4 Å². The summed E-state index contributed by atoms with van der Waals surface area (Å²) in [5.74, 6) is 1.23. The van der Waals surface area contributed by atoms with E-state index in [0.29, 0.717) is 30.3 Å². The van der Waals surface area contributed by atoms with Crippen LogP contribution >= 0.6 is 0 Å². The number of carbonyl (C=O) groups is 1. The monoisotopic (exact) mass is 365 g/mol. The lowest BCUT2D eigenvalue weighted by atomic mass is 10.2. The predicted molar refractivity (Wildman–Crippen MR) is 102 cm³/mol. The average molecular weight is 365 g/mol. The zero-order valence-corrected chi connectivity index (χ0v) is 15.1. The molecule has 6 heteroatoms. The third-order valence-corrected chi connectivity index (χ3v) is 4.52. The van der Waals surface area contributed by atoms with Crippen molar-refractivity contribution in [3.05, 3.63) is 60.5 Å². The van der Waals surface area contributed by atoms with E-state index in [4.69, 9.17) is 9.15 Å². The number of nitrogens with one attached hydrogen (secondary N) is 1. The molecule has 4 rings (SSSR count). The number of hydrogen-bond donors (Lipinski definition) is 1. The number of benzene rings is 1. The van der Waals surface area contributed by atoms with Gasteiger partial charge < -0.3 is 14.5 Å². The van der Waals surface area contributed by atoms with E-state index in [1.807, 2.05) is 36.4 Å². The smallest absolute Gasteiger partial charge is 0.270 e. The summed E-state index contributed by atoms with van der Waals surface area (Å²) in [4.78, 5) is 12.7. The average Bonchev–Trinajstić information content (AvgIpc) is 3.19. The van der Waals surface area contributed by atoms with Gasteiger partial charge in [-0.3, -0.25) is 4.79 Å². The van der Waals surface area contributed by atoms with Crippen LogP contribution in [0.3, 0.4) is 0 Å². The summed E-state index contributed by atoms with van der Waals surface area (Å²) in [5.41, 5.74) is 1.93. The van der Waals surface area contributed by atoms with Crippen LogP contribution < -0.4 is 5.32 Å². The van der Waals surface area contributed by atoms with Crippen molar-refractivity contribution in [3.8, 4) is 17.1 Å². The SMILES string of the molecule is O=C(NCCCOCC1CC1)c1cc(-c2ccco2)nn1-c1ccccc1. The van der Waals surface area contributed by atoms with Gasteiger partial charge in [0.05, 0.1) is 12.0 Å². The second kappa shape index (κ2) is 8.22. The standard InChI is InChI=1S/C21H23N3O3/c25-21(22-11-5-12-26-15-16-9-10-16)19-14-18(20-8-4-13-27-20)23-24(19)17-6-2-1-3-7-17/h1-4,6-8,13-14,16H,5,9-12,15H2,(H,22,25). The highest BCUT2D eigenvalue weighted by Crippen LogP contribution is 2.28. The van der Waals surface area contributed by atoms with Crippen molar-refractivity contribution in [2.45, 2.75) is 19.3 Å².